The quantitative estimate of drug-likeness (QED) is 0.616. The third-order valence-corrected chi connectivity index (χ3v) is 7.49. The molecule has 2 aliphatic rings. The van der Waals surface area contributed by atoms with Gasteiger partial charge in [-0.3, -0.25) is 14.5 Å². The number of aromatic nitrogens is 1. The molecule has 0 N–H and O–H groups in total. The van der Waals surface area contributed by atoms with Gasteiger partial charge in [0.2, 0.25) is 0 Å². The van der Waals surface area contributed by atoms with Crippen molar-refractivity contribution in [3.8, 4) is 10.6 Å². The van der Waals surface area contributed by atoms with Crippen LogP contribution in [0.2, 0.25) is 0 Å². The summed E-state index contributed by atoms with van der Waals surface area (Å²) in [5.74, 6) is 0.182. The van der Waals surface area contributed by atoms with Crippen molar-refractivity contribution in [1.82, 2.24) is 19.7 Å². The van der Waals surface area contributed by atoms with E-state index in [0.717, 1.165) is 66.0 Å². The van der Waals surface area contributed by atoms with Crippen molar-refractivity contribution in [3.05, 3.63) is 76.8 Å². The fourth-order valence-electron chi connectivity index (χ4n) is 4.35. The number of amides is 2. The Hall–Kier alpha value is -3.03. The molecule has 3 heterocycles. The van der Waals surface area contributed by atoms with Crippen molar-refractivity contribution in [2.45, 2.75) is 13.0 Å². The predicted molar refractivity (Wildman–Crippen MR) is 126 cm³/mol. The lowest BCUT2D eigenvalue weighted by molar-refractivity contribution is 0.00875. The summed E-state index contributed by atoms with van der Waals surface area (Å²) in [7, 11) is 0. The van der Waals surface area contributed by atoms with E-state index in [-0.39, 0.29) is 11.8 Å². The zero-order chi connectivity index (χ0) is 22.1. The van der Waals surface area contributed by atoms with Gasteiger partial charge in [-0.2, -0.15) is 0 Å². The Morgan fingerprint density at radius 1 is 0.844 bits per heavy atom. The van der Waals surface area contributed by atoms with Gasteiger partial charge < -0.3 is 9.80 Å². The molecule has 3 aromatic rings. The predicted octanol–water partition coefficient (Wildman–Crippen LogP) is 3.40. The van der Waals surface area contributed by atoms with E-state index in [1.54, 1.807) is 0 Å². The average Bonchev–Trinajstić information content (AvgIpc) is 3.21. The highest BCUT2D eigenvalue weighted by Gasteiger charge is 2.38. The highest BCUT2D eigenvalue weighted by Crippen LogP contribution is 2.30. The molecule has 5 rings (SSSR count). The SMILES string of the molecule is Cc1nc(-c2ccccc2)sc1C(=O)N1CC(N2CCN(C(=O)c3ccccc3)CC2)C1. The number of rotatable bonds is 4. The molecule has 7 heteroatoms. The maximum absolute atomic E-state index is 13.0. The van der Waals surface area contributed by atoms with E-state index < -0.39 is 0 Å². The van der Waals surface area contributed by atoms with Crippen molar-refractivity contribution in [2.24, 2.45) is 0 Å². The molecule has 0 unspecified atom stereocenters. The van der Waals surface area contributed by atoms with Gasteiger partial charge >= 0.3 is 0 Å². The van der Waals surface area contributed by atoms with Crippen LogP contribution in [-0.4, -0.2) is 76.8 Å². The molecule has 32 heavy (non-hydrogen) atoms. The molecule has 164 valence electrons. The molecule has 2 aromatic carbocycles. The van der Waals surface area contributed by atoms with Crippen molar-refractivity contribution < 1.29 is 9.59 Å². The molecule has 0 atom stereocenters. The first kappa shape index (κ1) is 20.8. The number of hydrogen-bond acceptors (Lipinski definition) is 5. The van der Waals surface area contributed by atoms with Gasteiger partial charge in [-0.05, 0) is 19.1 Å². The van der Waals surface area contributed by atoms with Crippen molar-refractivity contribution >= 4 is 23.2 Å². The molecule has 0 radical (unpaired) electrons. The number of carbonyl (C=O) groups excluding carboxylic acids is 2. The molecular weight excluding hydrogens is 420 g/mol. The van der Waals surface area contributed by atoms with Gasteiger partial charge in [-0.1, -0.05) is 48.5 Å². The Bertz CT molecular complexity index is 1100. The second-order valence-corrected chi connectivity index (χ2v) is 9.36. The molecule has 0 spiro atoms. The minimum absolute atomic E-state index is 0.0799. The van der Waals surface area contributed by atoms with Crippen molar-refractivity contribution in [1.29, 1.82) is 0 Å². The van der Waals surface area contributed by atoms with Gasteiger partial charge in [0.05, 0.1) is 5.69 Å². The highest BCUT2D eigenvalue weighted by atomic mass is 32.1. The van der Waals surface area contributed by atoms with E-state index >= 15 is 0 Å². The van der Waals surface area contributed by atoms with Crippen LogP contribution < -0.4 is 0 Å². The van der Waals surface area contributed by atoms with E-state index in [1.165, 1.54) is 11.3 Å². The van der Waals surface area contributed by atoms with Crippen LogP contribution in [0.1, 0.15) is 25.7 Å². The summed E-state index contributed by atoms with van der Waals surface area (Å²) >= 11 is 1.48. The van der Waals surface area contributed by atoms with Crippen molar-refractivity contribution in [2.75, 3.05) is 39.3 Å². The summed E-state index contributed by atoms with van der Waals surface area (Å²) in [4.78, 5) is 37.3. The van der Waals surface area contributed by atoms with Crippen LogP contribution in [0.25, 0.3) is 10.6 Å². The molecule has 0 aliphatic carbocycles. The summed E-state index contributed by atoms with van der Waals surface area (Å²) in [6, 6.07) is 19.8. The summed E-state index contributed by atoms with van der Waals surface area (Å²) < 4.78 is 0. The normalized spacial score (nSPS) is 17.3. The van der Waals surface area contributed by atoms with Crippen LogP contribution >= 0.6 is 11.3 Å². The zero-order valence-electron chi connectivity index (χ0n) is 18.1. The number of carbonyl (C=O) groups is 2. The number of thiazole rings is 1. The molecule has 2 fully saturated rings. The number of aryl methyl sites for hydroxylation is 1. The Balaban J connectivity index is 1.15. The second kappa shape index (κ2) is 8.84. The highest BCUT2D eigenvalue weighted by molar-refractivity contribution is 7.17. The topological polar surface area (TPSA) is 56.8 Å². The maximum Gasteiger partial charge on any atom is 0.265 e. The molecule has 6 nitrogen and oxygen atoms in total. The standard InChI is InChI=1S/C25H26N4O2S/c1-18-22(32-23(26-18)19-8-4-2-5-9-19)25(31)29-16-21(17-29)27-12-14-28(15-13-27)24(30)20-10-6-3-7-11-20/h2-11,21H,12-17H2,1H3. The Morgan fingerprint density at radius 3 is 2.12 bits per heavy atom. The first-order valence-corrected chi connectivity index (χ1v) is 11.8. The Morgan fingerprint density at radius 2 is 1.47 bits per heavy atom. The molecule has 0 bridgehead atoms. The van der Waals surface area contributed by atoms with Crippen molar-refractivity contribution in [3.63, 3.8) is 0 Å². The number of nitrogens with zero attached hydrogens (tertiary/aromatic N) is 4. The lowest BCUT2D eigenvalue weighted by Gasteiger charge is -2.48. The summed E-state index contributed by atoms with van der Waals surface area (Å²) in [5, 5.41) is 0.891. The summed E-state index contributed by atoms with van der Waals surface area (Å²) in [5.41, 5.74) is 2.59. The summed E-state index contributed by atoms with van der Waals surface area (Å²) in [6.45, 7) is 6.55. The fourth-order valence-corrected chi connectivity index (χ4v) is 5.39. The molecule has 2 aliphatic heterocycles. The third-order valence-electron chi connectivity index (χ3n) is 6.30. The van der Waals surface area contributed by atoms with E-state index in [0.29, 0.717) is 6.04 Å². The Kier molecular flexibility index (Phi) is 5.76. The maximum atomic E-state index is 13.0. The minimum atomic E-state index is 0.0799. The number of hydrogen-bond donors (Lipinski definition) is 0. The largest absolute Gasteiger partial charge is 0.336 e. The monoisotopic (exact) mass is 446 g/mol. The second-order valence-electron chi connectivity index (χ2n) is 8.36. The van der Waals surface area contributed by atoms with Gasteiger partial charge in [0.15, 0.2) is 0 Å². The third kappa shape index (κ3) is 4.06. The first-order chi connectivity index (χ1) is 15.6. The zero-order valence-corrected chi connectivity index (χ0v) is 18.9. The van der Waals surface area contributed by atoms with Crippen LogP contribution in [0.15, 0.2) is 60.7 Å². The van der Waals surface area contributed by atoms with Crippen LogP contribution in [0.5, 0.6) is 0 Å². The molecule has 0 saturated carbocycles. The van der Waals surface area contributed by atoms with Crippen LogP contribution in [-0.2, 0) is 0 Å². The van der Waals surface area contributed by atoms with Crippen LogP contribution in [0, 0.1) is 6.92 Å². The van der Waals surface area contributed by atoms with E-state index in [2.05, 4.69) is 9.88 Å². The van der Waals surface area contributed by atoms with E-state index in [9.17, 15) is 9.59 Å². The lowest BCUT2D eigenvalue weighted by Crippen LogP contribution is -2.64. The fraction of sp³-hybridized carbons (Fsp3) is 0.320. The number of likely N-dealkylation sites (tertiary alicyclic amines) is 1. The van der Waals surface area contributed by atoms with Gasteiger partial charge in [-0.25, -0.2) is 4.98 Å². The van der Waals surface area contributed by atoms with Gasteiger partial charge in [0, 0.05) is 56.4 Å². The van der Waals surface area contributed by atoms with Gasteiger partial charge in [0.1, 0.15) is 9.88 Å². The Labute approximate surface area is 192 Å². The average molecular weight is 447 g/mol. The molecule has 2 amide bonds. The van der Waals surface area contributed by atoms with Gasteiger partial charge in [0.25, 0.3) is 11.8 Å². The number of piperazine rings is 1. The summed E-state index contributed by atoms with van der Waals surface area (Å²) in [6.07, 6.45) is 0. The smallest absolute Gasteiger partial charge is 0.265 e. The van der Waals surface area contributed by atoms with E-state index in [1.807, 2.05) is 77.4 Å². The number of benzene rings is 2. The first-order valence-electron chi connectivity index (χ1n) is 11.0. The molecule has 1 aromatic heterocycles. The molecule has 2 saturated heterocycles. The van der Waals surface area contributed by atoms with Gasteiger partial charge in [-0.15, -0.1) is 11.3 Å². The molecular formula is C25H26N4O2S. The van der Waals surface area contributed by atoms with Crippen LogP contribution in [0.4, 0.5) is 0 Å². The minimum Gasteiger partial charge on any atom is -0.336 e. The van der Waals surface area contributed by atoms with Crippen LogP contribution in [0.3, 0.4) is 0 Å². The van der Waals surface area contributed by atoms with E-state index in [4.69, 9.17) is 0 Å². The lowest BCUT2D eigenvalue weighted by atomic mass is 10.0.